The molecule has 3 aliphatic rings. The Hall–Kier alpha value is -3.92. The van der Waals surface area contributed by atoms with Crippen LogP contribution in [0, 0.1) is 0 Å². The molecule has 0 aliphatic carbocycles. The van der Waals surface area contributed by atoms with E-state index in [4.69, 9.17) is 24.9 Å². The van der Waals surface area contributed by atoms with Gasteiger partial charge in [0.1, 0.15) is 54.9 Å². The number of oxime groups is 1. The molecule has 2 amide bonds. The number of hydrogen-bond acceptors (Lipinski definition) is 12. The average Bonchev–Trinajstić information content (AvgIpc) is 3.59. The molecule has 15 heteroatoms. The van der Waals surface area contributed by atoms with E-state index in [1.54, 1.807) is 36.8 Å². The summed E-state index contributed by atoms with van der Waals surface area (Å²) in [4.78, 5) is 56.5. The van der Waals surface area contributed by atoms with Crippen LogP contribution in [-0.2, 0) is 35.4 Å². The van der Waals surface area contributed by atoms with Crippen molar-refractivity contribution in [1.29, 1.82) is 0 Å². The van der Waals surface area contributed by atoms with Crippen LogP contribution in [-0.4, -0.2) is 96.2 Å². The zero-order chi connectivity index (χ0) is 30.7. The van der Waals surface area contributed by atoms with Gasteiger partial charge in [0, 0.05) is 17.6 Å². The van der Waals surface area contributed by atoms with Gasteiger partial charge in [-0.25, -0.2) is 9.78 Å². The first-order valence-corrected chi connectivity index (χ1v) is 15.3. The number of nitrogens with one attached hydrogen (secondary N) is 1. The summed E-state index contributed by atoms with van der Waals surface area (Å²) in [7, 11) is 6.84. The van der Waals surface area contributed by atoms with Gasteiger partial charge in [-0.3, -0.25) is 14.5 Å². The van der Waals surface area contributed by atoms with Crippen LogP contribution in [0.3, 0.4) is 0 Å². The molecule has 2 saturated heterocycles. The second-order valence-corrected chi connectivity index (χ2v) is 12.4. The molecule has 2 aromatic rings. The Kier molecular flexibility index (Phi) is 9.05. The number of carbonyl (C=O) groups is 3. The lowest BCUT2D eigenvalue weighted by Crippen LogP contribution is -2.71. The third-order valence-corrected chi connectivity index (χ3v) is 9.03. The van der Waals surface area contributed by atoms with E-state index >= 15 is 0 Å². The van der Waals surface area contributed by atoms with E-state index in [2.05, 4.69) is 15.5 Å². The van der Waals surface area contributed by atoms with Crippen molar-refractivity contribution in [3.05, 3.63) is 64.3 Å². The summed E-state index contributed by atoms with van der Waals surface area (Å²) in [5, 5.41) is 7.81. The molecule has 13 nitrogen and oxygen atoms in total. The molecule has 2 fully saturated rings. The molecule has 0 radical (unpaired) electrons. The molecule has 3 atom stereocenters. The minimum atomic E-state index is -0.901. The fourth-order valence-corrected chi connectivity index (χ4v) is 6.73. The largest absolute Gasteiger partial charge is 0.497 e. The number of nitrogens with zero attached hydrogens (tertiary/aromatic N) is 4. The molecule has 4 heterocycles. The molecule has 1 aromatic heterocycles. The van der Waals surface area contributed by atoms with Crippen LogP contribution in [0.1, 0.15) is 17.7 Å². The number of rotatable bonds is 10. The third-order valence-electron chi connectivity index (χ3n) is 7.05. The van der Waals surface area contributed by atoms with Crippen molar-refractivity contribution in [2.24, 2.45) is 5.16 Å². The number of hydrogen-bond donors (Lipinski definition) is 2. The highest BCUT2D eigenvalue weighted by Crippen LogP contribution is 2.41. The summed E-state index contributed by atoms with van der Waals surface area (Å²) in [5.41, 5.74) is 7.38. The molecular formula is C28H33N6O7S2+. The Morgan fingerprint density at radius 1 is 1.28 bits per heavy atom. The number of amides is 2. The number of aromatic nitrogens is 1. The average molecular weight is 630 g/mol. The summed E-state index contributed by atoms with van der Waals surface area (Å²) in [6.07, 6.45) is 4.45. The maximum Gasteiger partial charge on any atom is 0.355 e. The van der Waals surface area contributed by atoms with Gasteiger partial charge in [0.15, 0.2) is 10.8 Å². The maximum atomic E-state index is 13.5. The van der Waals surface area contributed by atoms with Crippen LogP contribution in [0.15, 0.2) is 58.2 Å². The van der Waals surface area contributed by atoms with Crippen molar-refractivity contribution in [2.75, 3.05) is 46.3 Å². The van der Waals surface area contributed by atoms with Crippen molar-refractivity contribution in [2.45, 2.75) is 30.5 Å². The number of nitrogens with two attached hydrogens (primary N) is 1. The second kappa shape index (κ2) is 12.8. The number of nitrogen functional groups attached to an aromatic ring is 1. The van der Waals surface area contributed by atoms with E-state index in [-0.39, 0.29) is 34.9 Å². The van der Waals surface area contributed by atoms with E-state index < -0.39 is 29.2 Å². The first kappa shape index (κ1) is 30.5. The fraction of sp³-hybridized carbons (Fsp3) is 0.393. The lowest BCUT2D eigenvalue weighted by Gasteiger charge is -2.49. The summed E-state index contributed by atoms with van der Waals surface area (Å²) >= 11 is 2.58. The molecule has 43 heavy (non-hydrogen) atoms. The van der Waals surface area contributed by atoms with Gasteiger partial charge in [-0.1, -0.05) is 23.4 Å². The van der Waals surface area contributed by atoms with Crippen LogP contribution in [0.2, 0.25) is 0 Å². The third kappa shape index (κ3) is 6.69. The molecular weight excluding hydrogens is 596 g/mol. The highest BCUT2D eigenvalue weighted by atomic mass is 32.2. The molecule has 5 rings (SSSR count). The first-order chi connectivity index (χ1) is 20.6. The van der Waals surface area contributed by atoms with Crippen LogP contribution >= 0.6 is 23.1 Å². The Morgan fingerprint density at radius 3 is 2.67 bits per heavy atom. The number of anilines is 1. The zero-order valence-corrected chi connectivity index (χ0v) is 25.8. The molecule has 0 bridgehead atoms. The summed E-state index contributed by atoms with van der Waals surface area (Å²) in [6, 6.07) is 6.25. The lowest BCUT2D eigenvalue weighted by molar-refractivity contribution is -1.06. The molecule has 0 spiro atoms. The van der Waals surface area contributed by atoms with Crippen molar-refractivity contribution >= 4 is 51.7 Å². The molecule has 3 aliphatic heterocycles. The van der Waals surface area contributed by atoms with Crippen LogP contribution in [0.5, 0.6) is 5.75 Å². The maximum absolute atomic E-state index is 13.5. The second-order valence-electron chi connectivity index (χ2n) is 10.4. The van der Waals surface area contributed by atoms with Gasteiger partial charge in [0.25, 0.3) is 11.8 Å². The number of fused-ring (bicyclic) bond motifs is 1. The Balaban J connectivity index is 1.35. The minimum absolute atomic E-state index is 0.00828. The van der Waals surface area contributed by atoms with Gasteiger partial charge in [0.2, 0.25) is 0 Å². The van der Waals surface area contributed by atoms with Gasteiger partial charge in [0.05, 0.1) is 21.2 Å². The highest BCUT2D eigenvalue weighted by molar-refractivity contribution is 8.00. The fourth-order valence-electron chi connectivity index (χ4n) is 4.87. The SMILES string of the molecule is CO/N=C(\C(=O)N[C@@H]1C(=O)N2C(C(=O)OCc3ccc(OC)cc3)=C(/C=C/C3CC[N+](C)(C)O3)CS[C@H]12)c1csc(N)n1. The molecule has 1 unspecified atom stereocenters. The number of carbonyl (C=O) groups excluding carboxylic acids is 3. The quantitative estimate of drug-likeness (QED) is 0.131. The van der Waals surface area contributed by atoms with Crippen molar-refractivity contribution < 1.29 is 38.2 Å². The molecule has 228 valence electrons. The number of allylic oxidation sites excluding steroid dienone is 1. The lowest BCUT2D eigenvalue weighted by atomic mass is 10.0. The normalized spacial score (nSPS) is 23.2. The predicted molar refractivity (Wildman–Crippen MR) is 161 cm³/mol. The molecule has 0 saturated carbocycles. The number of β-lactam (4-membered cyclic amide) rings is 1. The Bertz CT molecular complexity index is 1490. The highest BCUT2D eigenvalue weighted by Gasteiger charge is 2.54. The number of hydroxylamine groups is 3. The van der Waals surface area contributed by atoms with Gasteiger partial charge >= 0.3 is 5.97 Å². The van der Waals surface area contributed by atoms with E-state index in [1.807, 2.05) is 26.2 Å². The van der Waals surface area contributed by atoms with Gasteiger partial charge in [-0.15, -0.1) is 23.1 Å². The number of thiazole rings is 1. The monoisotopic (exact) mass is 629 g/mol. The van der Waals surface area contributed by atoms with E-state index in [0.29, 0.717) is 21.7 Å². The number of esters is 1. The van der Waals surface area contributed by atoms with E-state index in [0.717, 1.165) is 29.9 Å². The topological polar surface area (TPSA) is 155 Å². The van der Waals surface area contributed by atoms with Gasteiger partial charge in [-0.05, 0) is 29.3 Å². The minimum Gasteiger partial charge on any atom is -0.497 e. The number of ether oxygens (including phenoxy) is 2. The number of methoxy groups -OCH3 is 1. The van der Waals surface area contributed by atoms with Gasteiger partial charge in [-0.2, -0.15) is 9.48 Å². The Morgan fingerprint density at radius 2 is 2.05 bits per heavy atom. The number of benzene rings is 1. The van der Waals surface area contributed by atoms with Crippen molar-refractivity contribution in [3.8, 4) is 5.75 Å². The van der Waals surface area contributed by atoms with Crippen LogP contribution < -0.4 is 15.8 Å². The van der Waals surface area contributed by atoms with Gasteiger partial charge < -0.3 is 25.4 Å². The molecule has 3 N–H and O–H groups in total. The van der Waals surface area contributed by atoms with E-state index in [9.17, 15) is 14.4 Å². The molecule has 1 aromatic carbocycles. The standard InChI is InChI=1S/C28H32N6O7S2/c1-34(2)12-11-19(41-34)10-7-17-14-42-26-22(31-24(35)21(32-39-4)20-15-43-28(29)30-20)25(36)33(26)23(17)27(37)40-13-16-5-8-18(38-3)9-6-16/h5-10,15,19,22,26H,11-14H2,1-4H3,(H2-,29,30,31,35)/p+1/b10-7+,32-21-/t19?,22-,26-/m1/s1. The zero-order valence-electron chi connectivity index (χ0n) is 24.1. The Labute approximate surface area is 256 Å². The first-order valence-electron chi connectivity index (χ1n) is 13.4. The van der Waals surface area contributed by atoms with Crippen LogP contribution in [0.4, 0.5) is 5.13 Å². The van der Waals surface area contributed by atoms with Crippen molar-refractivity contribution in [1.82, 2.24) is 15.2 Å². The van der Waals surface area contributed by atoms with Crippen molar-refractivity contribution in [3.63, 3.8) is 0 Å². The smallest absolute Gasteiger partial charge is 0.355 e. The summed E-state index contributed by atoms with van der Waals surface area (Å²) in [6.45, 7) is 0.865. The number of quaternary nitrogens is 1. The number of thioether (sulfide) groups is 1. The van der Waals surface area contributed by atoms with E-state index in [1.165, 1.54) is 23.8 Å². The summed E-state index contributed by atoms with van der Waals surface area (Å²) in [5.74, 6) is -0.636. The summed E-state index contributed by atoms with van der Waals surface area (Å²) < 4.78 is 11.3. The predicted octanol–water partition coefficient (Wildman–Crippen LogP) is 1.82. The van der Waals surface area contributed by atoms with Crippen LogP contribution in [0.25, 0.3) is 0 Å².